The molecule has 6 heteroatoms. The van der Waals surface area contributed by atoms with E-state index in [-0.39, 0.29) is 10.4 Å². The van der Waals surface area contributed by atoms with Crippen molar-refractivity contribution < 1.29 is 0 Å². The van der Waals surface area contributed by atoms with Crippen LogP contribution in [0.3, 0.4) is 0 Å². The number of aromatic amines is 1. The summed E-state index contributed by atoms with van der Waals surface area (Å²) in [6.07, 6.45) is 0. The van der Waals surface area contributed by atoms with Crippen LogP contribution in [-0.4, -0.2) is 4.98 Å². The van der Waals surface area contributed by atoms with Crippen molar-refractivity contribution in [1.82, 2.24) is 4.98 Å². The van der Waals surface area contributed by atoms with Gasteiger partial charge in [0.25, 0.3) is 5.56 Å². The quantitative estimate of drug-likeness (QED) is 0.803. The molecule has 14 heavy (non-hydrogen) atoms. The van der Waals surface area contributed by atoms with Gasteiger partial charge in [0.05, 0.1) is 10.1 Å². The third kappa shape index (κ3) is 1.69. The summed E-state index contributed by atoms with van der Waals surface area (Å²) in [5, 5.41) is 0.510. The van der Waals surface area contributed by atoms with E-state index in [2.05, 4.69) is 36.8 Å². The van der Waals surface area contributed by atoms with Gasteiger partial charge in [-0.25, -0.2) is 0 Å². The minimum atomic E-state index is -0.356. The van der Waals surface area contributed by atoms with Gasteiger partial charge in [0.1, 0.15) is 0 Å². The summed E-state index contributed by atoms with van der Waals surface area (Å²) in [4.78, 5) is 24.4. The molecule has 1 N–H and O–H groups in total. The number of hydrogen-bond donors (Lipinski definition) is 1. The van der Waals surface area contributed by atoms with Gasteiger partial charge in [-0.1, -0.05) is 27.3 Å². The molecule has 1 aromatic heterocycles. The second-order valence-electron chi connectivity index (χ2n) is 2.61. The fourth-order valence-corrected chi connectivity index (χ4v) is 3.33. The standard InChI is InChI=1S/C8H3Br2NO2S/c9-3-1-4-6(5(10)2-3)14-8(13)11-7(4)12/h1-2H,(H,11,12,13). The predicted molar refractivity (Wildman–Crippen MR) is 64.1 cm³/mol. The third-order valence-corrected chi connectivity index (χ3v) is 3.94. The largest absolute Gasteiger partial charge is 0.307 e. The van der Waals surface area contributed by atoms with E-state index in [1.165, 1.54) is 0 Å². The Labute approximate surface area is 99.0 Å². The van der Waals surface area contributed by atoms with Crippen LogP contribution in [0.4, 0.5) is 0 Å². The number of hydrogen-bond acceptors (Lipinski definition) is 3. The smallest absolute Gasteiger partial charge is 0.280 e. The van der Waals surface area contributed by atoms with Crippen LogP contribution in [-0.2, 0) is 0 Å². The van der Waals surface area contributed by atoms with Crippen LogP contribution in [0.25, 0.3) is 10.1 Å². The van der Waals surface area contributed by atoms with Gasteiger partial charge >= 0.3 is 4.87 Å². The number of rotatable bonds is 0. The van der Waals surface area contributed by atoms with Crippen LogP contribution in [0, 0.1) is 0 Å². The first-order valence-corrected chi connectivity index (χ1v) is 6.00. The molecule has 3 nitrogen and oxygen atoms in total. The van der Waals surface area contributed by atoms with E-state index < -0.39 is 0 Å². The molecule has 0 unspecified atom stereocenters. The zero-order chi connectivity index (χ0) is 10.3. The van der Waals surface area contributed by atoms with Gasteiger partial charge in [0, 0.05) is 8.95 Å². The zero-order valence-corrected chi connectivity index (χ0v) is 10.6. The molecular weight excluding hydrogens is 334 g/mol. The van der Waals surface area contributed by atoms with Gasteiger partial charge < -0.3 is 0 Å². The number of halogens is 2. The third-order valence-electron chi connectivity index (χ3n) is 1.66. The van der Waals surface area contributed by atoms with Crippen molar-refractivity contribution in [1.29, 1.82) is 0 Å². The summed E-state index contributed by atoms with van der Waals surface area (Å²) in [5.74, 6) is 0. The SMILES string of the molecule is O=c1[nH]c(=O)c2cc(Br)cc(Br)c2s1. The summed E-state index contributed by atoms with van der Waals surface area (Å²) in [6.45, 7) is 0. The average molecular weight is 337 g/mol. The van der Waals surface area contributed by atoms with Gasteiger partial charge in [-0.15, -0.1) is 0 Å². The Bertz CT molecular complexity index is 617. The Hall–Kier alpha value is -0.460. The molecule has 0 amide bonds. The molecule has 0 radical (unpaired) electrons. The predicted octanol–water partition coefficient (Wildman–Crippen LogP) is 2.47. The van der Waals surface area contributed by atoms with Crippen LogP contribution in [0.1, 0.15) is 0 Å². The molecular formula is C8H3Br2NO2S. The average Bonchev–Trinajstić information content (AvgIpc) is 2.07. The van der Waals surface area contributed by atoms with Crippen molar-refractivity contribution in [3.63, 3.8) is 0 Å². The van der Waals surface area contributed by atoms with Crippen LogP contribution in [0.15, 0.2) is 30.7 Å². The number of H-pyrrole nitrogens is 1. The lowest BCUT2D eigenvalue weighted by molar-refractivity contribution is 1.25. The maximum Gasteiger partial charge on any atom is 0.307 e. The molecule has 2 rings (SSSR count). The molecule has 0 fully saturated rings. The number of fused-ring (bicyclic) bond motifs is 1. The molecule has 0 saturated heterocycles. The van der Waals surface area contributed by atoms with E-state index in [1.54, 1.807) is 12.1 Å². The van der Waals surface area contributed by atoms with Crippen molar-refractivity contribution in [3.05, 3.63) is 41.1 Å². The van der Waals surface area contributed by atoms with Crippen LogP contribution in [0.2, 0.25) is 0 Å². The summed E-state index contributed by atoms with van der Waals surface area (Å²) in [7, 11) is 0. The molecule has 0 saturated carbocycles. The Balaban J connectivity index is 3.10. The molecule has 0 bridgehead atoms. The minimum Gasteiger partial charge on any atom is -0.280 e. The van der Waals surface area contributed by atoms with E-state index in [4.69, 9.17) is 0 Å². The highest BCUT2D eigenvalue weighted by molar-refractivity contribution is 9.11. The molecule has 72 valence electrons. The zero-order valence-electron chi connectivity index (χ0n) is 6.64. The fraction of sp³-hybridized carbons (Fsp3) is 0. The highest BCUT2D eigenvalue weighted by Crippen LogP contribution is 2.27. The van der Waals surface area contributed by atoms with E-state index in [0.29, 0.717) is 10.1 Å². The highest BCUT2D eigenvalue weighted by atomic mass is 79.9. The van der Waals surface area contributed by atoms with Gasteiger partial charge in [-0.2, -0.15) is 0 Å². The minimum absolute atomic E-state index is 0.342. The molecule has 0 aliphatic heterocycles. The number of aromatic nitrogens is 1. The molecule has 0 aliphatic rings. The molecule has 1 aromatic carbocycles. The van der Waals surface area contributed by atoms with Crippen LogP contribution >= 0.6 is 43.2 Å². The van der Waals surface area contributed by atoms with Gasteiger partial charge in [0.15, 0.2) is 0 Å². The maximum absolute atomic E-state index is 11.4. The topological polar surface area (TPSA) is 49.9 Å². The molecule has 2 aromatic rings. The van der Waals surface area contributed by atoms with Crippen molar-refractivity contribution in [2.75, 3.05) is 0 Å². The Morgan fingerprint density at radius 1 is 1.21 bits per heavy atom. The number of benzene rings is 1. The van der Waals surface area contributed by atoms with E-state index in [0.717, 1.165) is 20.3 Å². The second-order valence-corrected chi connectivity index (χ2v) is 5.36. The lowest BCUT2D eigenvalue weighted by Crippen LogP contribution is -2.15. The first-order chi connectivity index (χ1) is 6.58. The maximum atomic E-state index is 11.4. The molecule has 0 spiro atoms. The summed E-state index contributed by atoms with van der Waals surface area (Å²) >= 11 is 7.60. The van der Waals surface area contributed by atoms with Gasteiger partial charge in [0.2, 0.25) is 0 Å². The lowest BCUT2D eigenvalue weighted by atomic mass is 10.3. The summed E-state index contributed by atoms with van der Waals surface area (Å²) in [6, 6.07) is 3.49. The fourth-order valence-electron chi connectivity index (χ4n) is 1.11. The van der Waals surface area contributed by atoms with E-state index in [9.17, 15) is 9.59 Å². The Morgan fingerprint density at radius 2 is 1.93 bits per heavy atom. The van der Waals surface area contributed by atoms with Gasteiger partial charge in [-0.3, -0.25) is 14.6 Å². The first-order valence-electron chi connectivity index (χ1n) is 3.60. The number of nitrogens with one attached hydrogen (secondary N) is 1. The van der Waals surface area contributed by atoms with Gasteiger partial charge in [-0.05, 0) is 28.1 Å². The molecule has 0 atom stereocenters. The van der Waals surface area contributed by atoms with Crippen molar-refractivity contribution in [3.8, 4) is 0 Å². The molecule has 1 heterocycles. The first kappa shape index (κ1) is 10.1. The normalized spacial score (nSPS) is 10.7. The van der Waals surface area contributed by atoms with E-state index in [1.807, 2.05) is 0 Å². The van der Waals surface area contributed by atoms with Crippen LogP contribution < -0.4 is 10.4 Å². The van der Waals surface area contributed by atoms with Crippen molar-refractivity contribution in [2.24, 2.45) is 0 Å². The van der Waals surface area contributed by atoms with Crippen molar-refractivity contribution in [2.45, 2.75) is 0 Å². The van der Waals surface area contributed by atoms with E-state index >= 15 is 0 Å². The Kier molecular flexibility index (Phi) is 2.59. The summed E-state index contributed by atoms with van der Waals surface area (Å²) in [5.41, 5.74) is -0.356. The summed E-state index contributed by atoms with van der Waals surface area (Å²) < 4.78 is 2.21. The lowest BCUT2D eigenvalue weighted by Gasteiger charge is -1.98. The highest BCUT2D eigenvalue weighted by Gasteiger charge is 2.06. The van der Waals surface area contributed by atoms with Crippen LogP contribution in [0.5, 0.6) is 0 Å². The Morgan fingerprint density at radius 3 is 2.64 bits per heavy atom. The monoisotopic (exact) mass is 335 g/mol. The van der Waals surface area contributed by atoms with Crippen molar-refractivity contribution >= 4 is 53.3 Å². The molecule has 0 aliphatic carbocycles. The second kappa shape index (κ2) is 3.60.